The van der Waals surface area contributed by atoms with E-state index in [-0.39, 0.29) is 11.7 Å². The first-order chi connectivity index (χ1) is 12.9. The minimum absolute atomic E-state index is 0.0914. The first kappa shape index (κ1) is 19.2. The molecule has 0 saturated heterocycles. The second kappa shape index (κ2) is 8.39. The van der Waals surface area contributed by atoms with E-state index in [0.29, 0.717) is 17.0 Å². The van der Waals surface area contributed by atoms with Crippen LogP contribution in [0.2, 0.25) is 0 Å². The molecule has 0 bridgehead atoms. The van der Waals surface area contributed by atoms with Crippen LogP contribution in [0, 0.1) is 13.8 Å². The second-order valence-corrected chi connectivity index (χ2v) is 7.70. The summed E-state index contributed by atoms with van der Waals surface area (Å²) in [5.74, 6) is 0.910. The molecule has 0 radical (unpaired) electrons. The van der Waals surface area contributed by atoms with Crippen molar-refractivity contribution in [2.24, 2.45) is 0 Å². The number of nitrogens with zero attached hydrogens (tertiary/aromatic N) is 2. The van der Waals surface area contributed by atoms with E-state index in [2.05, 4.69) is 29.4 Å². The quantitative estimate of drug-likeness (QED) is 0.594. The van der Waals surface area contributed by atoms with E-state index in [1.165, 1.54) is 17.3 Å². The number of rotatable bonds is 6. The third kappa shape index (κ3) is 4.77. The fourth-order valence-electron chi connectivity index (χ4n) is 2.73. The number of anilines is 1. The van der Waals surface area contributed by atoms with Gasteiger partial charge in [-0.05, 0) is 43.0 Å². The smallest absolute Gasteiger partial charge is 0.277 e. The summed E-state index contributed by atoms with van der Waals surface area (Å²) in [6.45, 7) is 8.26. The molecule has 0 aliphatic heterocycles. The summed E-state index contributed by atoms with van der Waals surface area (Å²) in [5.41, 5.74) is 5.11. The fourth-order valence-corrected chi connectivity index (χ4v) is 3.29. The van der Waals surface area contributed by atoms with Gasteiger partial charge in [0, 0.05) is 11.3 Å². The van der Waals surface area contributed by atoms with Crippen LogP contribution in [0.1, 0.15) is 36.5 Å². The largest absolute Gasteiger partial charge is 0.411 e. The van der Waals surface area contributed by atoms with Crippen LogP contribution in [0.5, 0.6) is 0 Å². The lowest BCUT2D eigenvalue weighted by molar-refractivity contribution is -0.113. The van der Waals surface area contributed by atoms with Gasteiger partial charge in [0.2, 0.25) is 11.8 Å². The molecule has 1 aromatic heterocycles. The average molecular weight is 382 g/mol. The van der Waals surface area contributed by atoms with E-state index in [4.69, 9.17) is 4.42 Å². The minimum Gasteiger partial charge on any atom is -0.411 e. The zero-order valence-electron chi connectivity index (χ0n) is 15.9. The normalized spacial score (nSPS) is 11.0. The molecule has 0 saturated carbocycles. The van der Waals surface area contributed by atoms with Crippen LogP contribution in [0.15, 0.2) is 52.1 Å². The Balaban J connectivity index is 1.63. The number of nitrogens with one attached hydrogen (secondary N) is 1. The van der Waals surface area contributed by atoms with Crippen molar-refractivity contribution in [3.8, 4) is 11.5 Å². The zero-order chi connectivity index (χ0) is 19.4. The number of thioether (sulfide) groups is 1. The van der Waals surface area contributed by atoms with Gasteiger partial charge in [0.05, 0.1) is 5.75 Å². The van der Waals surface area contributed by atoms with Gasteiger partial charge < -0.3 is 9.73 Å². The summed E-state index contributed by atoms with van der Waals surface area (Å²) >= 11 is 1.23. The fraction of sp³-hybridized carbons (Fsp3) is 0.286. The molecule has 140 valence electrons. The van der Waals surface area contributed by atoms with E-state index in [1.807, 2.05) is 56.3 Å². The van der Waals surface area contributed by atoms with Gasteiger partial charge in [0.15, 0.2) is 0 Å². The molecule has 3 aromatic rings. The van der Waals surface area contributed by atoms with Crippen LogP contribution in [-0.2, 0) is 4.79 Å². The van der Waals surface area contributed by atoms with Crippen LogP contribution >= 0.6 is 11.8 Å². The summed E-state index contributed by atoms with van der Waals surface area (Å²) < 4.78 is 5.66. The van der Waals surface area contributed by atoms with Crippen molar-refractivity contribution in [3.05, 3.63) is 59.2 Å². The van der Waals surface area contributed by atoms with Gasteiger partial charge >= 0.3 is 0 Å². The van der Waals surface area contributed by atoms with Crippen molar-refractivity contribution in [2.75, 3.05) is 11.1 Å². The maximum atomic E-state index is 12.4. The van der Waals surface area contributed by atoms with Crippen LogP contribution < -0.4 is 5.32 Å². The number of aromatic nitrogens is 2. The van der Waals surface area contributed by atoms with Crippen LogP contribution in [0.4, 0.5) is 5.69 Å². The van der Waals surface area contributed by atoms with Gasteiger partial charge in [-0.25, -0.2) is 0 Å². The Morgan fingerprint density at radius 2 is 1.85 bits per heavy atom. The second-order valence-electron chi connectivity index (χ2n) is 6.77. The summed E-state index contributed by atoms with van der Waals surface area (Å²) in [5, 5.41) is 11.5. The predicted octanol–water partition coefficient (Wildman–Crippen LogP) is 5.21. The molecular weight excluding hydrogens is 358 g/mol. The van der Waals surface area contributed by atoms with Gasteiger partial charge in [-0.15, -0.1) is 10.2 Å². The molecule has 0 unspecified atom stereocenters. The molecule has 0 aliphatic carbocycles. The van der Waals surface area contributed by atoms with Crippen molar-refractivity contribution in [2.45, 2.75) is 38.8 Å². The Kier molecular flexibility index (Phi) is 5.96. The van der Waals surface area contributed by atoms with Crippen LogP contribution in [0.3, 0.4) is 0 Å². The highest BCUT2D eigenvalue weighted by atomic mass is 32.2. The molecule has 1 N–H and O–H groups in total. The molecule has 0 spiro atoms. The van der Waals surface area contributed by atoms with Gasteiger partial charge in [-0.2, -0.15) is 0 Å². The van der Waals surface area contributed by atoms with Gasteiger partial charge in [-0.3, -0.25) is 4.79 Å². The SMILES string of the molecule is Cc1ccc(-c2nnc(SCC(=O)Nc3c(C)cccc3C(C)C)o2)cc1. The Hall–Kier alpha value is -2.60. The van der Waals surface area contributed by atoms with Crippen molar-refractivity contribution < 1.29 is 9.21 Å². The molecule has 2 aromatic carbocycles. The van der Waals surface area contributed by atoms with E-state index in [9.17, 15) is 4.79 Å². The Morgan fingerprint density at radius 1 is 1.11 bits per heavy atom. The molecule has 27 heavy (non-hydrogen) atoms. The van der Waals surface area contributed by atoms with Crippen LogP contribution in [0.25, 0.3) is 11.5 Å². The number of hydrogen-bond donors (Lipinski definition) is 1. The third-order valence-corrected chi connectivity index (χ3v) is 5.04. The first-order valence-corrected chi connectivity index (χ1v) is 9.85. The summed E-state index contributed by atoms with van der Waals surface area (Å²) in [7, 11) is 0. The number of hydrogen-bond acceptors (Lipinski definition) is 5. The van der Waals surface area contributed by atoms with E-state index >= 15 is 0 Å². The number of carbonyl (C=O) groups excluding carboxylic acids is 1. The van der Waals surface area contributed by atoms with Crippen molar-refractivity contribution >= 4 is 23.4 Å². The first-order valence-electron chi connectivity index (χ1n) is 8.86. The molecule has 1 amide bonds. The highest BCUT2D eigenvalue weighted by molar-refractivity contribution is 7.99. The molecule has 0 fully saturated rings. The van der Waals surface area contributed by atoms with Crippen molar-refractivity contribution in [3.63, 3.8) is 0 Å². The maximum absolute atomic E-state index is 12.4. The minimum atomic E-state index is -0.0914. The Morgan fingerprint density at radius 3 is 2.56 bits per heavy atom. The highest BCUT2D eigenvalue weighted by Gasteiger charge is 2.14. The Bertz CT molecular complexity index is 933. The third-order valence-electron chi connectivity index (χ3n) is 4.22. The number of aryl methyl sites for hydroxylation is 2. The molecular formula is C21H23N3O2S. The van der Waals surface area contributed by atoms with Gasteiger partial charge in [0.1, 0.15) is 0 Å². The molecule has 0 aliphatic rings. The monoisotopic (exact) mass is 381 g/mol. The van der Waals surface area contributed by atoms with Crippen molar-refractivity contribution in [1.29, 1.82) is 0 Å². The average Bonchev–Trinajstić information content (AvgIpc) is 3.11. The van der Waals surface area contributed by atoms with Crippen molar-refractivity contribution in [1.82, 2.24) is 10.2 Å². The van der Waals surface area contributed by atoms with Gasteiger partial charge in [0.25, 0.3) is 5.22 Å². The number of carbonyl (C=O) groups is 1. The summed E-state index contributed by atoms with van der Waals surface area (Å²) in [6, 6.07) is 13.9. The molecule has 5 nitrogen and oxygen atoms in total. The molecule has 6 heteroatoms. The standard InChI is InChI=1S/C21H23N3O2S/c1-13(2)17-7-5-6-15(4)19(17)22-18(25)12-27-21-24-23-20(26-21)16-10-8-14(3)9-11-16/h5-11,13H,12H2,1-4H3,(H,22,25). The number of benzene rings is 2. The predicted molar refractivity (Wildman–Crippen MR) is 109 cm³/mol. The highest BCUT2D eigenvalue weighted by Crippen LogP contribution is 2.28. The van der Waals surface area contributed by atoms with Crippen LogP contribution in [-0.4, -0.2) is 21.9 Å². The summed E-state index contributed by atoms with van der Waals surface area (Å²) in [4.78, 5) is 12.4. The van der Waals surface area contributed by atoms with Gasteiger partial charge in [-0.1, -0.05) is 61.5 Å². The lowest BCUT2D eigenvalue weighted by Gasteiger charge is -2.16. The number of para-hydroxylation sites is 1. The summed E-state index contributed by atoms with van der Waals surface area (Å²) in [6.07, 6.45) is 0. The molecule has 0 atom stereocenters. The number of amides is 1. The Labute approximate surface area is 163 Å². The molecule has 1 heterocycles. The maximum Gasteiger partial charge on any atom is 0.277 e. The van der Waals surface area contributed by atoms with E-state index in [1.54, 1.807) is 0 Å². The zero-order valence-corrected chi connectivity index (χ0v) is 16.8. The van der Waals surface area contributed by atoms with E-state index in [0.717, 1.165) is 22.4 Å². The lowest BCUT2D eigenvalue weighted by Crippen LogP contribution is -2.16. The topological polar surface area (TPSA) is 68.0 Å². The van der Waals surface area contributed by atoms with E-state index < -0.39 is 0 Å². The molecule has 3 rings (SSSR count). The lowest BCUT2D eigenvalue weighted by atomic mass is 9.98.